The first-order chi connectivity index (χ1) is 8.72. The van der Waals surface area contributed by atoms with Crippen molar-refractivity contribution in [2.45, 2.75) is 51.6 Å². The molecule has 0 aromatic carbocycles. The molecule has 1 heterocycles. The molecule has 3 nitrogen and oxygen atoms in total. The van der Waals surface area contributed by atoms with Gasteiger partial charge in [-0.15, -0.1) is 0 Å². The second-order valence-corrected chi connectivity index (χ2v) is 6.19. The molecule has 1 saturated carbocycles. The lowest BCUT2D eigenvalue weighted by molar-refractivity contribution is 0.0668. The van der Waals surface area contributed by atoms with Crippen LogP contribution in [0, 0.1) is 11.8 Å². The Hall–Kier alpha value is -0.120. The minimum atomic E-state index is 0.694. The van der Waals surface area contributed by atoms with Crippen LogP contribution in [0.15, 0.2) is 0 Å². The third-order valence-electron chi connectivity index (χ3n) is 4.85. The Balaban J connectivity index is 1.59. The Morgan fingerprint density at radius 2 is 2.00 bits per heavy atom. The number of hydrogen-bond acceptors (Lipinski definition) is 3. The summed E-state index contributed by atoms with van der Waals surface area (Å²) in [6.45, 7) is 9.14. The van der Waals surface area contributed by atoms with Crippen molar-refractivity contribution in [3.8, 4) is 0 Å². The SMILES string of the molecule is CNC1CCN(CCCOCC2CC2)C(C)C1C. The molecule has 0 spiro atoms. The number of rotatable bonds is 7. The summed E-state index contributed by atoms with van der Waals surface area (Å²) in [5, 5.41) is 3.45. The van der Waals surface area contributed by atoms with E-state index < -0.39 is 0 Å². The standard InChI is InChI=1S/C15H30N2O/c1-12-13(2)17(9-7-15(12)16-3)8-4-10-18-11-14-5-6-14/h12-16H,4-11H2,1-3H3. The summed E-state index contributed by atoms with van der Waals surface area (Å²) in [5.41, 5.74) is 0. The molecule has 1 aliphatic heterocycles. The van der Waals surface area contributed by atoms with Gasteiger partial charge >= 0.3 is 0 Å². The molecule has 0 aromatic heterocycles. The average Bonchev–Trinajstić information content (AvgIpc) is 3.18. The first-order valence-corrected chi connectivity index (χ1v) is 7.71. The number of nitrogens with one attached hydrogen (secondary N) is 1. The maximum atomic E-state index is 5.71. The number of likely N-dealkylation sites (tertiary alicyclic amines) is 1. The van der Waals surface area contributed by atoms with Gasteiger partial charge in [0.2, 0.25) is 0 Å². The molecule has 1 N–H and O–H groups in total. The molecular weight excluding hydrogens is 224 g/mol. The van der Waals surface area contributed by atoms with Crippen molar-refractivity contribution in [1.82, 2.24) is 10.2 Å². The van der Waals surface area contributed by atoms with E-state index in [1.807, 2.05) is 0 Å². The zero-order valence-corrected chi connectivity index (χ0v) is 12.3. The minimum Gasteiger partial charge on any atom is -0.381 e. The van der Waals surface area contributed by atoms with E-state index in [-0.39, 0.29) is 0 Å². The van der Waals surface area contributed by atoms with Crippen molar-refractivity contribution in [1.29, 1.82) is 0 Å². The molecule has 3 atom stereocenters. The van der Waals surface area contributed by atoms with Crippen LogP contribution < -0.4 is 5.32 Å². The highest BCUT2D eigenvalue weighted by molar-refractivity contribution is 4.87. The molecule has 0 amide bonds. The smallest absolute Gasteiger partial charge is 0.0494 e. The fourth-order valence-electron chi connectivity index (χ4n) is 3.07. The summed E-state index contributed by atoms with van der Waals surface area (Å²) >= 11 is 0. The van der Waals surface area contributed by atoms with Gasteiger partial charge in [-0.3, -0.25) is 0 Å². The number of nitrogens with zero attached hydrogens (tertiary/aromatic N) is 1. The van der Waals surface area contributed by atoms with E-state index in [2.05, 4.69) is 31.1 Å². The van der Waals surface area contributed by atoms with E-state index in [9.17, 15) is 0 Å². The average molecular weight is 254 g/mol. The maximum absolute atomic E-state index is 5.71. The van der Waals surface area contributed by atoms with E-state index in [1.165, 1.54) is 38.8 Å². The van der Waals surface area contributed by atoms with Crippen LogP contribution in [0.1, 0.15) is 39.5 Å². The zero-order valence-electron chi connectivity index (χ0n) is 12.3. The van der Waals surface area contributed by atoms with Gasteiger partial charge in [0.15, 0.2) is 0 Å². The molecule has 18 heavy (non-hydrogen) atoms. The van der Waals surface area contributed by atoms with Gasteiger partial charge in [0.1, 0.15) is 0 Å². The summed E-state index contributed by atoms with van der Waals surface area (Å²) in [6.07, 6.45) is 5.26. The summed E-state index contributed by atoms with van der Waals surface area (Å²) in [6, 6.07) is 1.39. The lowest BCUT2D eigenvalue weighted by atomic mass is 9.87. The lowest BCUT2D eigenvalue weighted by Gasteiger charge is -2.42. The largest absolute Gasteiger partial charge is 0.381 e. The summed E-state index contributed by atoms with van der Waals surface area (Å²) in [5.74, 6) is 1.64. The van der Waals surface area contributed by atoms with Crippen LogP contribution in [0.3, 0.4) is 0 Å². The Morgan fingerprint density at radius 1 is 1.22 bits per heavy atom. The van der Waals surface area contributed by atoms with Crippen molar-refractivity contribution < 1.29 is 4.74 Å². The predicted octanol–water partition coefficient (Wildman–Crippen LogP) is 2.12. The normalized spacial score (nSPS) is 33.8. The van der Waals surface area contributed by atoms with E-state index in [0.29, 0.717) is 12.1 Å². The van der Waals surface area contributed by atoms with Gasteiger partial charge in [-0.1, -0.05) is 6.92 Å². The fourth-order valence-corrected chi connectivity index (χ4v) is 3.07. The van der Waals surface area contributed by atoms with Crippen molar-refractivity contribution in [3.05, 3.63) is 0 Å². The third-order valence-corrected chi connectivity index (χ3v) is 4.85. The molecular formula is C15H30N2O. The van der Waals surface area contributed by atoms with Crippen LogP contribution in [-0.2, 0) is 4.74 Å². The summed E-state index contributed by atoms with van der Waals surface area (Å²) < 4.78 is 5.71. The highest BCUT2D eigenvalue weighted by Gasteiger charge is 2.30. The van der Waals surface area contributed by atoms with Crippen LogP contribution in [-0.4, -0.2) is 50.3 Å². The Morgan fingerprint density at radius 3 is 2.67 bits per heavy atom. The van der Waals surface area contributed by atoms with Gasteiger partial charge in [-0.05, 0) is 58.0 Å². The highest BCUT2D eigenvalue weighted by Crippen LogP contribution is 2.28. The monoisotopic (exact) mass is 254 g/mol. The first kappa shape index (κ1) is 14.3. The molecule has 2 rings (SSSR count). The molecule has 0 bridgehead atoms. The molecule has 1 aliphatic carbocycles. The molecule has 1 saturated heterocycles. The van der Waals surface area contributed by atoms with Gasteiger partial charge in [0, 0.05) is 31.8 Å². The first-order valence-electron chi connectivity index (χ1n) is 7.71. The van der Waals surface area contributed by atoms with E-state index in [4.69, 9.17) is 4.74 Å². The highest BCUT2D eigenvalue weighted by atomic mass is 16.5. The van der Waals surface area contributed by atoms with Gasteiger partial charge in [0.25, 0.3) is 0 Å². The van der Waals surface area contributed by atoms with Gasteiger partial charge in [0.05, 0.1) is 0 Å². The van der Waals surface area contributed by atoms with Crippen molar-refractivity contribution in [2.24, 2.45) is 11.8 Å². The molecule has 3 unspecified atom stereocenters. The topological polar surface area (TPSA) is 24.5 Å². The van der Waals surface area contributed by atoms with E-state index >= 15 is 0 Å². The number of hydrogen-bond donors (Lipinski definition) is 1. The minimum absolute atomic E-state index is 0.694. The van der Waals surface area contributed by atoms with Gasteiger partial charge in [-0.2, -0.15) is 0 Å². The molecule has 0 radical (unpaired) electrons. The van der Waals surface area contributed by atoms with Crippen LogP contribution in [0.2, 0.25) is 0 Å². The van der Waals surface area contributed by atoms with Crippen molar-refractivity contribution >= 4 is 0 Å². The van der Waals surface area contributed by atoms with Gasteiger partial charge < -0.3 is 15.0 Å². The number of ether oxygens (including phenoxy) is 1. The van der Waals surface area contributed by atoms with Crippen molar-refractivity contribution in [2.75, 3.05) is 33.4 Å². The van der Waals surface area contributed by atoms with Crippen molar-refractivity contribution in [3.63, 3.8) is 0 Å². The fraction of sp³-hybridized carbons (Fsp3) is 1.00. The second-order valence-electron chi connectivity index (χ2n) is 6.19. The number of piperidine rings is 1. The molecule has 2 aliphatic rings. The molecule has 0 aromatic rings. The third kappa shape index (κ3) is 3.94. The Kier molecular flexibility index (Phi) is 5.46. The zero-order chi connectivity index (χ0) is 13.0. The Labute approximate surface area is 112 Å². The summed E-state index contributed by atoms with van der Waals surface area (Å²) in [7, 11) is 2.09. The molecule has 3 heteroatoms. The van der Waals surface area contributed by atoms with Crippen LogP contribution in [0.5, 0.6) is 0 Å². The molecule has 106 valence electrons. The van der Waals surface area contributed by atoms with Crippen LogP contribution in [0.4, 0.5) is 0 Å². The summed E-state index contributed by atoms with van der Waals surface area (Å²) in [4.78, 5) is 2.64. The quantitative estimate of drug-likeness (QED) is 0.704. The molecule has 2 fully saturated rings. The lowest BCUT2D eigenvalue weighted by Crippen LogP contribution is -2.52. The van der Waals surface area contributed by atoms with E-state index in [1.54, 1.807) is 0 Å². The second kappa shape index (κ2) is 6.88. The van der Waals surface area contributed by atoms with E-state index in [0.717, 1.165) is 25.0 Å². The van der Waals surface area contributed by atoms with Crippen LogP contribution in [0.25, 0.3) is 0 Å². The van der Waals surface area contributed by atoms with Gasteiger partial charge in [-0.25, -0.2) is 0 Å². The predicted molar refractivity (Wildman–Crippen MR) is 75.8 cm³/mol. The Bertz CT molecular complexity index is 243. The maximum Gasteiger partial charge on any atom is 0.0494 e. The van der Waals surface area contributed by atoms with Crippen LogP contribution >= 0.6 is 0 Å².